The second kappa shape index (κ2) is 9.99. The fourth-order valence-electron chi connectivity index (χ4n) is 5.59. The highest BCUT2D eigenvalue weighted by molar-refractivity contribution is 6.28. The van der Waals surface area contributed by atoms with Crippen molar-refractivity contribution in [2.24, 2.45) is 29.2 Å². The molecule has 0 saturated heterocycles. The molecule has 0 bridgehead atoms. The van der Waals surface area contributed by atoms with Gasteiger partial charge in [-0.3, -0.25) is 19.7 Å². The quantitative estimate of drug-likeness (QED) is 0.0629. The van der Waals surface area contributed by atoms with Gasteiger partial charge >= 0.3 is 6.09 Å². The number of carbonyl (C=O) groups is 4. The molecule has 0 radical (unpaired) electrons. The summed E-state index contributed by atoms with van der Waals surface area (Å²) >= 11 is 0. The van der Waals surface area contributed by atoms with Crippen LogP contribution >= 0.6 is 0 Å². The number of phenolic OH excluding ortho intramolecular Hbond substituents is 1. The smallest absolute Gasteiger partial charge is 0.411 e. The highest BCUT2D eigenvalue weighted by Crippen LogP contribution is 2.51. The van der Waals surface area contributed by atoms with E-state index in [9.17, 15) is 39.6 Å². The number of nitrogens with two attached hydrogens (primary N) is 3. The number of primary amides is 1. The van der Waals surface area contributed by atoms with Crippen LogP contribution in [0.3, 0.4) is 0 Å². The van der Waals surface area contributed by atoms with E-state index in [1.165, 1.54) is 6.07 Å². The Hall–Kier alpha value is -4.10. The lowest BCUT2D eigenvalue weighted by molar-refractivity contribution is -0.141. The van der Waals surface area contributed by atoms with E-state index in [0.717, 1.165) is 12.8 Å². The van der Waals surface area contributed by atoms with Crippen LogP contribution in [-0.2, 0) is 25.5 Å². The van der Waals surface area contributed by atoms with Gasteiger partial charge in [0, 0.05) is 23.1 Å². The van der Waals surface area contributed by atoms with Gasteiger partial charge in [-0.25, -0.2) is 4.79 Å². The number of fused-ring (bicyclic) bond motifs is 3. The third-order valence-corrected chi connectivity index (χ3v) is 7.45. The van der Waals surface area contributed by atoms with E-state index in [1.54, 1.807) is 0 Å². The van der Waals surface area contributed by atoms with Crippen molar-refractivity contribution in [3.8, 4) is 5.75 Å². The average molecular weight is 531 g/mol. The standard InChI is InChI=1S/C25H30N4O9/c1-2-3-4-5-38-25(37)29-11-7-10(26)8-6-9-13(20(32)12(8)19(11)31)21(33)15-14(18(9)30)17(27)23(35)16(22(15)34)24(28)36/h7,9,14-15,17-18,30-32,35H,2-6,26-27H2,1H3,(H2,28,36)(H,29,37)/t9?,14?,15?,17-,18-/m0/s1. The number of aliphatic hydroxyl groups excluding tert-OH is 3. The fourth-order valence-corrected chi connectivity index (χ4v) is 5.59. The van der Waals surface area contributed by atoms with Crippen LogP contribution in [0, 0.1) is 17.8 Å². The Labute approximate surface area is 216 Å². The summed E-state index contributed by atoms with van der Waals surface area (Å²) < 4.78 is 5.07. The Kier molecular flexibility index (Phi) is 7.08. The average Bonchev–Trinajstić information content (AvgIpc) is 2.85. The first-order valence-electron chi connectivity index (χ1n) is 12.2. The van der Waals surface area contributed by atoms with Gasteiger partial charge in [0.2, 0.25) is 0 Å². The third kappa shape index (κ3) is 4.13. The molecule has 3 aliphatic carbocycles. The van der Waals surface area contributed by atoms with Gasteiger partial charge in [0.15, 0.2) is 17.3 Å². The van der Waals surface area contributed by atoms with Crippen molar-refractivity contribution in [1.29, 1.82) is 0 Å². The molecule has 38 heavy (non-hydrogen) atoms. The van der Waals surface area contributed by atoms with E-state index in [0.29, 0.717) is 6.42 Å². The van der Waals surface area contributed by atoms with Crippen molar-refractivity contribution >= 4 is 40.7 Å². The number of hydrogen-bond acceptors (Lipinski definition) is 11. The topological polar surface area (TPSA) is 249 Å². The minimum absolute atomic E-state index is 0.0363. The number of phenols is 1. The molecule has 1 aromatic carbocycles. The van der Waals surface area contributed by atoms with Crippen LogP contribution in [0.5, 0.6) is 5.75 Å². The van der Waals surface area contributed by atoms with Crippen LogP contribution in [0.15, 0.2) is 23.0 Å². The number of unbranched alkanes of at least 4 members (excludes halogenated alkanes) is 2. The van der Waals surface area contributed by atoms with Crippen molar-refractivity contribution in [2.45, 2.75) is 44.8 Å². The molecule has 204 valence electrons. The van der Waals surface area contributed by atoms with E-state index >= 15 is 0 Å². The van der Waals surface area contributed by atoms with E-state index in [4.69, 9.17) is 21.9 Å². The number of aromatic hydroxyl groups is 1. The molecular weight excluding hydrogens is 500 g/mol. The molecule has 3 unspecified atom stereocenters. The molecule has 5 atom stereocenters. The lowest BCUT2D eigenvalue weighted by Gasteiger charge is -2.46. The number of aliphatic hydroxyl groups is 3. The number of rotatable bonds is 6. The number of ketones is 2. The first kappa shape index (κ1) is 26.9. The molecule has 2 amide bonds. The molecule has 1 fully saturated rings. The monoisotopic (exact) mass is 530 g/mol. The first-order chi connectivity index (χ1) is 17.9. The number of Topliss-reactive ketones (excluding diaryl/α,β-unsaturated/α-hetero) is 2. The largest absolute Gasteiger partial charge is 0.510 e. The molecule has 0 aliphatic heterocycles. The molecule has 1 saturated carbocycles. The number of benzene rings is 1. The number of nitrogen functional groups attached to an aromatic ring is 1. The lowest BCUT2D eigenvalue weighted by Crippen LogP contribution is -2.60. The van der Waals surface area contributed by atoms with Crippen LogP contribution in [0.2, 0.25) is 0 Å². The van der Waals surface area contributed by atoms with E-state index in [2.05, 4.69) is 5.32 Å². The van der Waals surface area contributed by atoms with Crippen LogP contribution in [0.4, 0.5) is 16.2 Å². The summed E-state index contributed by atoms with van der Waals surface area (Å²) in [4.78, 5) is 50.6. The number of amides is 2. The Bertz CT molecular complexity index is 1300. The van der Waals surface area contributed by atoms with Crippen LogP contribution < -0.4 is 22.5 Å². The lowest BCUT2D eigenvalue weighted by atomic mass is 9.58. The van der Waals surface area contributed by atoms with Gasteiger partial charge in [-0.15, -0.1) is 0 Å². The Morgan fingerprint density at radius 1 is 1.16 bits per heavy atom. The number of carbonyl (C=O) groups excluding carboxylic acids is 4. The summed E-state index contributed by atoms with van der Waals surface area (Å²) in [7, 11) is 0. The van der Waals surface area contributed by atoms with E-state index in [1.807, 2.05) is 6.92 Å². The molecule has 1 aromatic rings. The summed E-state index contributed by atoms with van der Waals surface area (Å²) in [5.74, 6) is -9.63. The maximum Gasteiger partial charge on any atom is 0.411 e. The summed E-state index contributed by atoms with van der Waals surface area (Å²) in [6.07, 6.45) is -0.0866. The van der Waals surface area contributed by atoms with Gasteiger partial charge in [0.1, 0.15) is 17.1 Å². The first-order valence-corrected chi connectivity index (χ1v) is 12.2. The van der Waals surface area contributed by atoms with Crippen LogP contribution in [0.1, 0.15) is 37.3 Å². The summed E-state index contributed by atoms with van der Waals surface area (Å²) in [6, 6.07) is -0.201. The predicted octanol–water partition coefficient (Wildman–Crippen LogP) is 0.538. The summed E-state index contributed by atoms with van der Waals surface area (Å²) in [5, 5.41) is 46.0. The minimum atomic E-state index is -1.70. The van der Waals surface area contributed by atoms with E-state index < -0.39 is 76.3 Å². The zero-order valence-corrected chi connectivity index (χ0v) is 20.6. The highest BCUT2D eigenvalue weighted by Gasteiger charge is 2.58. The van der Waals surface area contributed by atoms with Crippen LogP contribution in [-0.4, -0.2) is 62.7 Å². The highest BCUT2D eigenvalue weighted by atomic mass is 16.5. The van der Waals surface area contributed by atoms with Crippen molar-refractivity contribution in [3.05, 3.63) is 34.1 Å². The Morgan fingerprint density at radius 2 is 1.84 bits per heavy atom. The molecule has 3 aliphatic rings. The predicted molar refractivity (Wildman–Crippen MR) is 134 cm³/mol. The van der Waals surface area contributed by atoms with Crippen molar-refractivity contribution in [2.75, 3.05) is 17.7 Å². The van der Waals surface area contributed by atoms with Crippen molar-refractivity contribution < 1.29 is 44.3 Å². The molecule has 0 aromatic heterocycles. The zero-order valence-electron chi connectivity index (χ0n) is 20.6. The SMILES string of the molecule is CCCCCOC(=O)Nc1cc(N)c2c(c1O)C(O)=C1C(=O)C3C(=O)C(C(N)=O)=C(O)[C@@H](N)C3[C@@H](O)C1C2. The van der Waals surface area contributed by atoms with Crippen LogP contribution in [0.25, 0.3) is 5.76 Å². The van der Waals surface area contributed by atoms with Gasteiger partial charge in [0.05, 0.1) is 35.9 Å². The number of nitrogens with one attached hydrogen (secondary N) is 1. The fraction of sp³-hybridized carbons (Fsp3) is 0.440. The number of anilines is 2. The maximum atomic E-state index is 13.6. The molecule has 13 nitrogen and oxygen atoms in total. The second-order valence-corrected chi connectivity index (χ2v) is 9.68. The normalized spacial score (nSPS) is 26.4. The maximum absolute atomic E-state index is 13.6. The Morgan fingerprint density at radius 3 is 2.47 bits per heavy atom. The molecule has 13 heteroatoms. The van der Waals surface area contributed by atoms with Gasteiger partial charge in [-0.1, -0.05) is 19.8 Å². The zero-order chi connectivity index (χ0) is 28.0. The summed E-state index contributed by atoms with van der Waals surface area (Å²) in [6.45, 7) is 2.14. The van der Waals surface area contributed by atoms with Crippen molar-refractivity contribution in [1.82, 2.24) is 0 Å². The molecular formula is C25H30N4O9. The van der Waals surface area contributed by atoms with Crippen molar-refractivity contribution in [3.63, 3.8) is 0 Å². The molecule has 4 rings (SSSR count). The number of ether oxygens (including phenoxy) is 1. The van der Waals surface area contributed by atoms with Gasteiger partial charge in [0.25, 0.3) is 5.91 Å². The second-order valence-electron chi connectivity index (χ2n) is 9.68. The van der Waals surface area contributed by atoms with Gasteiger partial charge in [-0.05, 0) is 24.5 Å². The number of hydrogen-bond donors (Lipinski definition) is 8. The van der Waals surface area contributed by atoms with E-state index in [-0.39, 0.29) is 41.1 Å². The minimum Gasteiger partial charge on any atom is -0.510 e. The van der Waals surface area contributed by atoms with Gasteiger partial charge in [-0.2, -0.15) is 0 Å². The molecule has 0 heterocycles. The molecule has 0 spiro atoms. The Balaban J connectivity index is 1.75. The third-order valence-electron chi connectivity index (χ3n) is 7.45. The van der Waals surface area contributed by atoms with Gasteiger partial charge < -0.3 is 42.4 Å². The summed E-state index contributed by atoms with van der Waals surface area (Å²) in [5.41, 5.74) is 16.0. The molecule has 11 N–H and O–H groups in total.